The van der Waals surface area contributed by atoms with E-state index in [1.165, 1.54) is 18.2 Å². The van der Waals surface area contributed by atoms with Gasteiger partial charge in [-0.05, 0) is 23.3 Å². The highest BCUT2D eigenvalue weighted by molar-refractivity contribution is 6.36. The van der Waals surface area contributed by atoms with Gasteiger partial charge in [0.05, 0.1) is 11.3 Å². The second-order valence-corrected chi connectivity index (χ2v) is 6.34. The molecule has 0 aliphatic heterocycles. The van der Waals surface area contributed by atoms with Gasteiger partial charge >= 0.3 is 0 Å². The van der Waals surface area contributed by atoms with Crippen LogP contribution in [0.2, 0.25) is 10.0 Å². The Kier molecular flexibility index (Phi) is 6.54. The van der Waals surface area contributed by atoms with Gasteiger partial charge in [0.15, 0.2) is 0 Å². The number of hydrogen-bond acceptors (Lipinski definition) is 4. The molecule has 2 rings (SSSR count). The van der Waals surface area contributed by atoms with E-state index in [9.17, 15) is 19.7 Å². The van der Waals surface area contributed by atoms with E-state index < -0.39 is 22.8 Å². The molecule has 0 radical (unpaired) electrons. The summed E-state index contributed by atoms with van der Waals surface area (Å²) in [5.41, 5.74) is 6.18. The number of amides is 2. The van der Waals surface area contributed by atoms with E-state index in [0.29, 0.717) is 21.2 Å². The third kappa shape index (κ3) is 5.18. The molecular formula is C17H15Cl2N3O4. The molecule has 3 N–H and O–H groups in total. The lowest BCUT2D eigenvalue weighted by molar-refractivity contribution is -0.384. The summed E-state index contributed by atoms with van der Waals surface area (Å²) in [5, 5.41) is 14.0. The van der Waals surface area contributed by atoms with Gasteiger partial charge in [0.25, 0.3) is 5.69 Å². The molecule has 136 valence electrons. The fourth-order valence-corrected chi connectivity index (χ4v) is 2.92. The topological polar surface area (TPSA) is 115 Å². The van der Waals surface area contributed by atoms with Crippen LogP contribution < -0.4 is 11.1 Å². The highest BCUT2D eigenvalue weighted by Crippen LogP contribution is 2.25. The molecule has 26 heavy (non-hydrogen) atoms. The monoisotopic (exact) mass is 395 g/mol. The van der Waals surface area contributed by atoms with Crippen molar-refractivity contribution in [1.29, 1.82) is 0 Å². The quantitative estimate of drug-likeness (QED) is 0.553. The van der Waals surface area contributed by atoms with Gasteiger partial charge in [-0.1, -0.05) is 41.4 Å². The van der Waals surface area contributed by atoms with Crippen molar-refractivity contribution in [2.24, 2.45) is 5.73 Å². The number of carbonyl (C=O) groups excluding carboxylic acids is 2. The zero-order chi connectivity index (χ0) is 19.3. The number of halogens is 2. The Bertz CT molecular complexity index is 837. The molecule has 0 saturated carbocycles. The third-order valence-electron chi connectivity index (χ3n) is 3.63. The van der Waals surface area contributed by atoms with E-state index in [4.69, 9.17) is 28.9 Å². The lowest BCUT2D eigenvalue weighted by Crippen LogP contribution is -2.46. The van der Waals surface area contributed by atoms with E-state index in [0.717, 1.165) is 0 Å². The number of primary amides is 1. The van der Waals surface area contributed by atoms with Gasteiger partial charge in [0.1, 0.15) is 6.04 Å². The van der Waals surface area contributed by atoms with Crippen molar-refractivity contribution in [3.8, 4) is 0 Å². The van der Waals surface area contributed by atoms with Crippen LogP contribution in [0.25, 0.3) is 0 Å². The second kappa shape index (κ2) is 8.64. The molecule has 2 amide bonds. The number of nitrogens with two attached hydrogens (primary N) is 1. The molecule has 7 nitrogen and oxygen atoms in total. The minimum atomic E-state index is -1.02. The number of rotatable bonds is 7. The van der Waals surface area contributed by atoms with Crippen LogP contribution in [0, 0.1) is 10.1 Å². The van der Waals surface area contributed by atoms with Crippen LogP contribution >= 0.6 is 23.2 Å². The molecule has 0 spiro atoms. The normalized spacial score (nSPS) is 11.6. The molecule has 0 heterocycles. The van der Waals surface area contributed by atoms with Crippen molar-refractivity contribution in [1.82, 2.24) is 5.32 Å². The summed E-state index contributed by atoms with van der Waals surface area (Å²) in [6, 6.07) is 9.56. The number of non-ortho nitro benzene ring substituents is 1. The van der Waals surface area contributed by atoms with E-state index in [1.807, 2.05) is 0 Å². The Morgan fingerprint density at radius 3 is 2.35 bits per heavy atom. The summed E-state index contributed by atoms with van der Waals surface area (Å²) in [6.45, 7) is 0. The fourth-order valence-electron chi connectivity index (χ4n) is 2.36. The maximum atomic E-state index is 12.2. The van der Waals surface area contributed by atoms with Crippen LogP contribution in [0.4, 0.5) is 5.69 Å². The van der Waals surface area contributed by atoms with E-state index in [1.54, 1.807) is 24.3 Å². The molecule has 0 aliphatic rings. The maximum absolute atomic E-state index is 12.2. The first kappa shape index (κ1) is 19.7. The van der Waals surface area contributed by atoms with Gasteiger partial charge in [-0.2, -0.15) is 0 Å². The average molecular weight is 396 g/mol. The number of hydrogen-bond donors (Lipinski definition) is 2. The maximum Gasteiger partial charge on any atom is 0.269 e. The number of nitrogens with one attached hydrogen (secondary N) is 1. The smallest absolute Gasteiger partial charge is 0.269 e. The van der Waals surface area contributed by atoms with E-state index >= 15 is 0 Å². The van der Waals surface area contributed by atoms with Gasteiger partial charge in [0.2, 0.25) is 11.8 Å². The van der Waals surface area contributed by atoms with Gasteiger partial charge in [-0.15, -0.1) is 0 Å². The van der Waals surface area contributed by atoms with Gasteiger partial charge < -0.3 is 11.1 Å². The fraction of sp³-hybridized carbons (Fsp3) is 0.176. The van der Waals surface area contributed by atoms with Crippen LogP contribution in [0.15, 0.2) is 42.5 Å². The van der Waals surface area contributed by atoms with Gasteiger partial charge in [-0.3, -0.25) is 19.7 Å². The molecule has 2 aromatic rings. The Morgan fingerprint density at radius 2 is 1.77 bits per heavy atom. The molecule has 0 fully saturated rings. The molecule has 0 aromatic heterocycles. The largest absolute Gasteiger partial charge is 0.368 e. The summed E-state index contributed by atoms with van der Waals surface area (Å²) in [7, 11) is 0. The van der Waals surface area contributed by atoms with Crippen LogP contribution in [-0.2, 0) is 22.4 Å². The Morgan fingerprint density at radius 1 is 1.15 bits per heavy atom. The predicted octanol–water partition coefficient (Wildman–Crippen LogP) is 2.66. The highest BCUT2D eigenvalue weighted by atomic mass is 35.5. The summed E-state index contributed by atoms with van der Waals surface area (Å²) in [5.74, 6) is -1.24. The van der Waals surface area contributed by atoms with Crippen LogP contribution in [0.3, 0.4) is 0 Å². The van der Waals surface area contributed by atoms with Crippen molar-refractivity contribution >= 4 is 40.7 Å². The summed E-state index contributed by atoms with van der Waals surface area (Å²) in [4.78, 5) is 34.1. The first-order chi connectivity index (χ1) is 12.3. The lowest BCUT2D eigenvalue weighted by atomic mass is 10.0. The number of nitrogens with zero attached hydrogens (tertiary/aromatic N) is 1. The Balaban J connectivity index is 2.10. The van der Waals surface area contributed by atoms with Crippen molar-refractivity contribution in [3.63, 3.8) is 0 Å². The SMILES string of the molecule is NC(=O)[C@@H](Cc1c(Cl)cccc1Cl)NC(=O)Cc1cccc([N+](=O)[O-])c1. The van der Waals surface area contributed by atoms with E-state index in [2.05, 4.69) is 5.32 Å². The zero-order valence-electron chi connectivity index (χ0n) is 13.4. The molecule has 1 atom stereocenters. The Labute approximate surface area is 159 Å². The standard InChI is InChI=1S/C17H15Cl2N3O4/c18-13-5-2-6-14(19)12(13)9-15(17(20)24)21-16(23)8-10-3-1-4-11(7-10)22(25)26/h1-7,15H,8-9H2,(H2,20,24)(H,21,23)/t15-/m1/s1. The molecule has 9 heteroatoms. The minimum absolute atomic E-state index is 0.0362. The van der Waals surface area contributed by atoms with Crippen LogP contribution in [-0.4, -0.2) is 22.8 Å². The average Bonchev–Trinajstić information content (AvgIpc) is 2.57. The molecule has 0 unspecified atom stereocenters. The predicted molar refractivity (Wildman–Crippen MR) is 98.1 cm³/mol. The zero-order valence-corrected chi connectivity index (χ0v) is 15.0. The van der Waals surface area contributed by atoms with Gasteiger partial charge in [0, 0.05) is 28.6 Å². The highest BCUT2D eigenvalue weighted by Gasteiger charge is 2.21. The van der Waals surface area contributed by atoms with E-state index in [-0.39, 0.29) is 18.5 Å². The number of nitro benzene ring substituents is 1. The minimum Gasteiger partial charge on any atom is -0.368 e. The number of carbonyl (C=O) groups is 2. The molecule has 0 saturated heterocycles. The molecule has 0 aliphatic carbocycles. The summed E-state index contributed by atoms with van der Waals surface area (Å²) >= 11 is 12.2. The Hall–Kier alpha value is -2.64. The van der Waals surface area contributed by atoms with Gasteiger partial charge in [-0.25, -0.2) is 0 Å². The first-order valence-corrected chi connectivity index (χ1v) is 8.28. The van der Waals surface area contributed by atoms with Crippen LogP contribution in [0.5, 0.6) is 0 Å². The first-order valence-electron chi connectivity index (χ1n) is 7.53. The van der Waals surface area contributed by atoms with Crippen LogP contribution in [0.1, 0.15) is 11.1 Å². The van der Waals surface area contributed by atoms with Crippen molar-refractivity contribution in [2.75, 3.05) is 0 Å². The molecular weight excluding hydrogens is 381 g/mol. The second-order valence-electron chi connectivity index (χ2n) is 5.53. The van der Waals surface area contributed by atoms with Crippen molar-refractivity contribution in [3.05, 3.63) is 73.8 Å². The summed E-state index contributed by atoms with van der Waals surface area (Å²) in [6.07, 6.45) is -0.101. The van der Waals surface area contributed by atoms with Crippen molar-refractivity contribution in [2.45, 2.75) is 18.9 Å². The molecule has 2 aromatic carbocycles. The molecule has 0 bridgehead atoms. The lowest BCUT2D eigenvalue weighted by Gasteiger charge is -2.17. The van der Waals surface area contributed by atoms with Crippen molar-refractivity contribution < 1.29 is 14.5 Å². The summed E-state index contributed by atoms with van der Waals surface area (Å²) < 4.78 is 0. The third-order valence-corrected chi connectivity index (χ3v) is 4.34. The number of benzene rings is 2. The number of nitro groups is 1.